The predicted octanol–water partition coefficient (Wildman–Crippen LogP) is 4.78. The number of ether oxygens (including phenoxy) is 2. The van der Waals surface area contributed by atoms with Gasteiger partial charge in [-0.05, 0) is 64.2 Å². The molecule has 1 aliphatic heterocycles. The maximum absolute atomic E-state index is 14.2. The van der Waals surface area contributed by atoms with Gasteiger partial charge in [0.2, 0.25) is 5.78 Å². The third-order valence-corrected chi connectivity index (χ3v) is 7.28. The first-order chi connectivity index (χ1) is 19.1. The van der Waals surface area contributed by atoms with Gasteiger partial charge in [-0.25, -0.2) is 9.78 Å². The Kier molecular flexibility index (Phi) is 9.63. The van der Waals surface area contributed by atoms with Crippen LogP contribution in [0.2, 0.25) is 0 Å². The summed E-state index contributed by atoms with van der Waals surface area (Å²) in [6, 6.07) is 9.24. The molecule has 0 bridgehead atoms. The van der Waals surface area contributed by atoms with E-state index in [4.69, 9.17) is 14.5 Å². The topological polar surface area (TPSA) is 114 Å². The Morgan fingerprint density at radius 3 is 2.60 bits per heavy atom. The van der Waals surface area contributed by atoms with Gasteiger partial charge in [0.1, 0.15) is 5.60 Å². The number of aromatic amines is 1. The van der Waals surface area contributed by atoms with Crippen molar-refractivity contribution in [1.82, 2.24) is 30.0 Å². The molecule has 3 heterocycles. The van der Waals surface area contributed by atoms with Crippen molar-refractivity contribution in [2.45, 2.75) is 84.0 Å². The second-order valence-corrected chi connectivity index (χ2v) is 12.1. The lowest BCUT2D eigenvalue weighted by molar-refractivity contribution is 0.0158. The number of unbranched alkanes of at least 4 members (excludes halogenated alkanes) is 1. The fourth-order valence-corrected chi connectivity index (χ4v) is 5.38. The Labute approximate surface area is 236 Å². The zero-order valence-electron chi connectivity index (χ0n) is 24.6. The van der Waals surface area contributed by atoms with Crippen LogP contribution in [0.5, 0.6) is 0 Å². The van der Waals surface area contributed by atoms with Gasteiger partial charge < -0.3 is 24.3 Å². The van der Waals surface area contributed by atoms with Gasteiger partial charge in [-0.3, -0.25) is 9.89 Å². The fraction of sp³-hybridized carbons (Fsp3) is 0.600. The third kappa shape index (κ3) is 7.28. The Balaban J connectivity index is 1.59. The van der Waals surface area contributed by atoms with Crippen LogP contribution >= 0.6 is 0 Å². The van der Waals surface area contributed by atoms with Crippen molar-refractivity contribution in [2.24, 2.45) is 5.92 Å². The highest BCUT2D eigenvalue weighted by Gasteiger charge is 2.37. The first kappa shape index (κ1) is 29.7. The number of hydrogen-bond donors (Lipinski definition) is 2. The number of benzene rings is 1. The van der Waals surface area contributed by atoms with Gasteiger partial charge in [-0.15, -0.1) is 0 Å². The monoisotopic (exact) mass is 552 g/mol. The Morgan fingerprint density at radius 1 is 1.15 bits per heavy atom. The molecule has 1 amide bonds. The molecule has 0 aliphatic carbocycles. The van der Waals surface area contributed by atoms with E-state index in [0.29, 0.717) is 32.1 Å². The summed E-state index contributed by atoms with van der Waals surface area (Å²) in [7, 11) is 1.70. The maximum Gasteiger partial charge on any atom is 0.410 e. The Bertz CT molecular complexity index is 1260. The molecule has 2 aromatic heterocycles. The molecule has 2 N–H and O–H groups in total. The number of fused-ring (bicyclic) bond motifs is 1. The number of piperidine rings is 1. The van der Waals surface area contributed by atoms with E-state index in [1.54, 1.807) is 18.2 Å². The number of Topliss-reactive ketones (excluding diaryl/α,β-unsaturated/α-hetero) is 1. The zero-order chi connectivity index (χ0) is 28.9. The molecule has 3 atom stereocenters. The average Bonchev–Trinajstić information content (AvgIpc) is 3.57. The van der Waals surface area contributed by atoms with E-state index in [9.17, 15) is 9.59 Å². The lowest BCUT2D eigenvalue weighted by Gasteiger charge is -2.40. The van der Waals surface area contributed by atoms with E-state index in [-0.39, 0.29) is 29.8 Å². The number of aryl methyl sites for hydroxylation is 1. The van der Waals surface area contributed by atoms with Crippen molar-refractivity contribution >= 4 is 22.9 Å². The molecule has 0 radical (unpaired) electrons. The number of carbonyl (C=O) groups excluding carboxylic acids is 2. The smallest absolute Gasteiger partial charge is 0.410 e. The molecule has 1 aliphatic rings. The minimum Gasteiger partial charge on any atom is -0.444 e. The highest BCUT2D eigenvalue weighted by Crippen LogP contribution is 2.28. The number of methoxy groups -OCH3 is 1. The van der Waals surface area contributed by atoms with Crippen molar-refractivity contribution in [1.29, 1.82) is 0 Å². The minimum absolute atomic E-state index is 0.0109. The molecular formula is C30H44N6O4. The predicted molar refractivity (Wildman–Crippen MR) is 154 cm³/mol. The number of nitrogens with zero attached hydrogens (tertiary/aromatic N) is 4. The maximum atomic E-state index is 14.2. The van der Waals surface area contributed by atoms with Gasteiger partial charge in [0.05, 0.1) is 17.1 Å². The highest BCUT2D eigenvalue weighted by atomic mass is 16.6. The van der Waals surface area contributed by atoms with Crippen LogP contribution in [-0.4, -0.2) is 81.0 Å². The first-order valence-electron chi connectivity index (χ1n) is 14.3. The molecule has 0 saturated carbocycles. The van der Waals surface area contributed by atoms with Crippen molar-refractivity contribution < 1.29 is 19.1 Å². The number of nitrogens with one attached hydrogen (secondary N) is 2. The fourth-order valence-electron chi connectivity index (χ4n) is 5.38. The minimum atomic E-state index is -0.598. The van der Waals surface area contributed by atoms with Gasteiger partial charge in [0.15, 0.2) is 5.82 Å². The number of aromatic nitrogens is 4. The third-order valence-electron chi connectivity index (χ3n) is 7.28. The summed E-state index contributed by atoms with van der Waals surface area (Å²) in [5.41, 5.74) is 2.14. The van der Waals surface area contributed by atoms with Crippen LogP contribution in [0, 0.1) is 5.92 Å². The van der Waals surface area contributed by atoms with Crippen molar-refractivity contribution in [2.75, 3.05) is 26.8 Å². The molecular weight excluding hydrogens is 508 g/mol. The van der Waals surface area contributed by atoms with E-state index in [1.165, 1.54) is 0 Å². The zero-order valence-corrected chi connectivity index (χ0v) is 24.6. The van der Waals surface area contributed by atoms with Crippen molar-refractivity contribution in [3.8, 4) is 0 Å². The van der Waals surface area contributed by atoms with Crippen LogP contribution in [0.1, 0.15) is 76.1 Å². The summed E-state index contributed by atoms with van der Waals surface area (Å²) in [4.78, 5) is 33.8. The number of imidazole rings is 1. The number of likely N-dealkylation sites (tertiary alicyclic amines) is 1. The summed E-state index contributed by atoms with van der Waals surface area (Å²) in [6.45, 7) is 12.0. The van der Waals surface area contributed by atoms with Crippen LogP contribution in [0.4, 0.5) is 4.79 Å². The lowest BCUT2D eigenvalue weighted by atomic mass is 9.89. The number of carbonyl (C=O) groups is 2. The molecule has 40 heavy (non-hydrogen) atoms. The highest BCUT2D eigenvalue weighted by molar-refractivity contribution is 6.00. The molecule has 1 fully saturated rings. The van der Waals surface area contributed by atoms with E-state index in [2.05, 4.69) is 15.5 Å². The summed E-state index contributed by atoms with van der Waals surface area (Å²) in [5.74, 6) is 0.478. The molecule has 10 heteroatoms. The molecule has 0 spiro atoms. The Morgan fingerprint density at radius 2 is 1.93 bits per heavy atom. The van der Waals surface area contributed by atoms with Gasteiger partial charge in [-0.1, -0.05) is 26.0 Å². The van der Waals surface area contributed by atoms with Crippen LogP contribution in [-0.2, 0) is 16.0 Å². The lowest BCUT2D eigenvalue weighted by Crippen LogP contribution is -2.56. The van der Waals surface area contributed by atoms with Crippen molar-refractivity contribution in [3.05, 3.63) is 48.0 Å². The van der Waals surface area contributed by atoms with Crippen LogP contribution < -0.4 is 5.32 Å². The molecule has 1 unspecified atom stereocenters. The van der Waals surface area contributed by atoms with Gasteiger partial charge in [-0.2, -0.15) is 5.10 Å². The number of hydrogen-bond acceptors (Lipinski definition) is 7. The van der Waals surface area contributed by atoms with Gasteiger partial charge >= 0.3 is 6.09 Å². The van der Waals surface area contributed by atoms with Gasteiger partial charge in [0, 0.05) is 57.2 Å². The van der Waals surface area contributed by atoms with E-state index < -0.39 is 11.6 Å². The second kappa shape index (κ2) is 13.0. The quantitative estimate of drug-likeness (QED) is 0.260. The molecule has 10 nitrogen and oxygen atoms in total. The number of rotatable bonds is 11. The number of ketones is 1. The van der Waals surface area contributed by atoms with Crippen LogP contribution in [0.25, 0.3) is 11.0 Å². The normalized spacial score (nSPS) is 18.8. The number of amides is 1. The average molecular weight is 553 g/mol. The molecule has 218 valence electrons. The molecule has 1 saturated heterocycles. The standard InChI is InChI=1S/C30H44N6O4/c1-20(2)26(27(37)28-33-24-11-7-8-12-25(24)36(28)15-9-10-16-39-6)32-22-17-21(23-13-14-31-34-23)18-35(19-22)29(38)40-30(3,4)5/h7-8,11-14,20-22,26,32H,9-10,15-19H2,1-6H3,(H,31,34)/t21-,22+,26?/m1/s1. The SMILES string of the molecule is COCCCCn1c(C(=O)C(N[C@H]2C[C@@H](c3ccn[nH]3)CN(C(=O)OC(C)(C)C)C2)C(C)C)nc2ccccc21. The second-order valence-electron chi connectivity index (χ2n) is 12.1. The van der Waals surface area contributed by atoms with Gasteiger partial charge in [0.25, 0.3) is 0 Å². The largest absolute Gasteiger partial charge is 0.444 e. The number of H-pyrrole nitrogens is 1. The van der Waals surface area contributed by atoms with E-state index >= 15 is 0 Å². The van der Waals surface area contributed by atoms with E-state index in [0.717, 1.165) is 36.0 Å². The molecule has 1 aromatic carbocycles. The van der Waals surface area contributed by atoms with E-state index in [1.807, 2.05) is 69.5 Å². The first-order valence-corrected chi connectivity index (χ1v) is 14.3. The summed E-state index contributed by atoms with van der Waals surface area (Å²) in [5, 5.41) is 10.8. The Hall–Kier alpha value is -3.24. The number of para-hydroxylation sites is 2. The summed E-state index contributed by atoms with van der Waals surface area (Å²) in [6.07, 6.45) is 3.91. The molecule has 4 rings (SSSR count). The molecule has 3 aromatic rings. The summed E-state index contributed by atoms with van der Waals surface area (Å²) < 4.78 is 13.0. The van der Waals surface area contributed by atoms with Crippen molar-refractivity contribution in [3.63, 3.8) is 0 Å². The van der Waals surface area contributed by atoms with Crippen LogP contribution in [0.3, 0.4) is 0 Å². The van der Waals surface area contributed by atoms with Crippen LogP contribution in [0.15, 0.2) is 36.5 Å². The summed E-state index contributed by atoms with van der Waals surface area (Å²) >= 11 is 0.